The molecule has 5 rings (SSSR count). The molecule has 0 saturated heterocycles. The van der Waals surface area contributed by atoms with Gasteiger partial charge >= 0.3 is 0 Å². The lowest BCUT2D eigenvalue weighted by atomic mass is 9.85. The summed E-state index contributed by atoms with van der Waals surface area (Å²) in [6, 6.07) is 8.03. The molecule has 2 aliphatic rings. The summed E-state index contributed by atoms with van der Waals surface area (Å²) in [7, 11) is 1.37. The van der Waals surface area contributed by atoms with Gasteiger partial charge < -0.3 is 20.1 Å². The summed E-state index contributed by atoms with van der Waals surface area (Å²) < 4.78 is 61.1. The second-order valence-electron chi connectivity index (χ2n) is 10.2. The SMILES string of the molecule is COc1ccc(F)c(C2(O)C(=O)N(CC3CCC(NC(=O)c4cc(Cl)cnc4C(F)F)CC3)c3cc(F)ccc32)c1. The predicted octanol–water partition coefficient (Wildman–Crippen LogP) is 5.53. The van der Waals surface area contributed by atoms with Crippen molar-refractivity contribution in [3.63, 3.8) is 0 Å². The number of fused-ring (bicyclic) bond motifs is 1. The molecule has 1 aliphatic carbocycles. The minimum atomic E-state index is -2.95. The Bertz CT molecular complexity index is 1500. The van der Waals surface area contributed by atoms with E-state index < -0.39 is 41.2 Å². The summed E-state index contributed by atoms with van der Waals surface area (Å²) in [5.74, 6) is -2.82. The van der Waals surface area contributed by atoms with Crippen molar-refractivity contribution in [2.45, 2.75) is 43.8 Å². The van der Waals surface area contributed by atoms with Crippen molar-refractivity contribution in [2.75, 3.05) is 18.6 Å². The van der Waals surface area contributed by atoms with Crippen molar-refractivity contribution in [2.24, 2.45) is 5.92 Å². The number of hydrogen-bond donors (Lipinski definition) is 2. The Labute approximate surface area is 238 Å². The number of ether oxygens (including phenoxy) is 1. The third-order valence-electron chi connectivity index (χ3n) is 7.72. The number of rotatable bonds is 7. The molecule has 1 saturated carbocycles. The van der Waals surface area contributed by atoms with Gasteiger partial charge in [0.15, 0.2) is 5.60 Å². The van der Waals surface area contributed by atoms with Crippen LogP contribution in [0.4, 0.5) is 23.2 Å². The van der Waals surface area contributed by atoms with Crippen LogP contribution in [0.1, 0.15) is 59.3 Å². The van der Waals surface area contributed by atoms with Gasteiger partial charge in [0.25, 0.3) is 18.2 Å². The number of methoxy groups -OCH3 is 1. The first-order valence-corrected chi connectivity index (χ1v) is 13.3. The highest BCUT2D eigenvalue weighted by atomic mass is 35.5. The van der Waals surface area contributed by atoms with E-state index in [0.717, 1.165) is 30.5 Å². The van der Waals surface area contributed by atoms with Gasteiger partial charge in [-0.1, -0.05) is 17.7 Å². The molecule has 1 fully saturated rings. The van der Waals surface area contributed by atoms with Gasteiger partial charge in [0.05, 0.1) is 23.4 Å². The van der Waals surface area contributed by atoms with E-state index in [1.807, 2.05) is 0 Å². The van der Waals surface area contributed by atoms with Crippen LogP contribution in [0.3, 0.4) is 0 Å². The van der Waals surface area contributed by atoms with Crippen molar-refractivity contribution >= 4 is 29.1 Å². The maximum absolute atomic E-state index is 14.9. The Kier molecular flexibility index (Phi) is 7.93. The van der Waals surface area contributed by atoms with E-state index in [1.54, 1.807) is 0 Å². The molecule has 1 aromatic heterocycles. The molecule has 12 heteroatoms. The summed E-state index contributed by atoms with van der Waals surface area (Å²) in [5.41, 5.74) is -3.44. The molecule has 3 aromatic rings. The molecule has 0 radical (unpaired) electrons. The highest BCUT2D eigenvalue weighted by molar-refractivity contribution is 6.30. The van der Waals surface area contributed by atoms with E-state index in [4.69, 9.17) is 16.3 Å². The smallest absolute Gasteiger partial charge is 0.281 e. The van der Waals surface area contributed by atoms with Gasteiger partial charge in [-0.25, -0.2) is 17.6 Å². The highest BCUT2D eigenvalue weighted by Crippen LogP contribution is 2.47. The molecular formula is C29H26ClF4N3O4. The molecule has 2 amide bonds. The topological polar surface area (TPSA) is 91.8 Å². The lowest BCUT2D eigenvalue weighted by molar-refractivity contribution is -0.132. The van der Waals surface area contributed by atoms with Crippen LogP contribution in [-0.2, 0) is 10.4 Å². The number of carbonyl (C=O) groups is 2. The lowest BCUT2D eigenvalue weighted by Crippen LogP contribution is -2.45. The number of pyridine rings is 1. The molecule has 0 bridgehead atoms. The van der Waals surface area contributed by atoms with Crippen LogP contribution in [0.5, 0.6) is 5.75 Å². The second kappa shape index (κ2) is 11.3. The Morgan fingerprint density at radius 3 is 2.56 bits per heavy atom. The summed E-state index contributed by atoms with van der Waals surface area (Å²) in [5, 5.41) is 14.5. The van der Waals surface area contributed by atoms with Crippen molar-refractivity contribution in [1.29, 1.82) is 0 Å². The first kappa shape index (κ1) is 28.8. The molecule has 41 heavy (non-hydrogen) atoms. The number of alkyl halides is 2. The number of halogens is 5. The average Bonchev–Trinajstić information content (AvgIpc) is 3.15. The molecule has 2 heterocycles. The van der Waals surface area contributed by atoms with E-state index in [2.05, 4.69) is 10.3 Å². The number of hydrogen-bond acceptors (Lipinski definition) is 5. The minimum absolute atomic E-state index is 0.0574. The number of anilines is 1. The third-order valence-corrected chi connectivity index (χ3v) is 7.92. The van der Waals surface area contributed by atoms with Crippen molar-refractivity contribution in [1.82, 2.24) is 10.3 Å². The van der Waals surface area contributed by atoms with Crippen molar-refractivity contribution in [3.8, 4) is 5.75 Å². The van der Waals surface area contributed by atoms with Crippen LogP contribution in [0, 0.1) is 17.6 Å². The van der Waals surface area contributed by atoms with Crippen LogP contribution in [-0.4, -0.2) is 41.6 Å². The monoisotopic (exact) mass is 591 g/mol. The first-order chi connectivity index (χ1) is 19.5. The van der Waals surface area contributed by atoms with E-state index in [0.29, 0.717) is 25.7 Å². The fraction of sp³-hybridized carbons (Fsp3) is 0.345. The fourth-order valence-corrected chi connectivity index (χ4v) is 5.78. The number of aliphatic hydroxyl groups is 1. The highest BCUT2D eigenvalue weighted by Gasteiger charge is 2.53. The maximum Gasteiger partial charge on any atom is 0.281 e. The normalized spacial score (nSPS) is 22.1. The van der Waals surface area contributed by atoms with E-state index in [9.17, 15) is 32.3 Å². The molecule has 1 unspecified atom stereocenters. The van der Waals surface area contributed by atoms with Crippen LogP contribution in [0.2, 0.25) is 5.02 Å². The number of aromatic nitrogens is 1. The number of amides is 2. The summed E-state index contributed by atoms with van der Waals surface area (Å²) >= 11 is 5.86. The van der Waals surface area contributed by atoms with Crippen molar-refractivity contribution in [3.05, 3.63) is 87.7 Å². The lowest BCUT2D eigenvalue weighted by Gasteiger charge is -2.32. The van der Waals surface area contributed by atoms with Gasteiger partial charge in [-0.05, 0) is 68.0 Å². The van der Waals surface area contributed by atoms with Gasteiger partial charge in [0.1, 0.15) is 23.1 Å². The Hall–Kier alpha value is -3.70. The van der Waals surface area contributed by atoms with Gasteiger partial charge in [-0.2, -0.15) is 0 Å². The minimum Gasteiger partial charge on any atom is -0.497 e. The van der Waals surface area contributed by atoms with Gasteiger partial charge in [0.2, 0.25) is 0 Å². The summed E-state index contributed by atoms with van der Waals surface area (Å²) in [4.78, 5) is 31.3. The molecule has 1 aliphatic heterocycles. The Morgan fingerprint density at radius 1 is 1.15 bits per heavy atom. The average molecular weight is 592 g/mol. The quantitative estimate of drug-likeness (QED) is 0.353. The number of nitrogens with zero attached hydrogens (tertiary/aromatic N) is 2. The molecule has 1 atom stereocenters. The van der Waals surface area contributed by atoms with Crippen LogP contribution in [0.15, 0.2) is 48.7 Å². The standard InChI is InChI=1S/C29H26ClF4N3O4/c1-41-19-7-9-23(32)22(12-19)29(40)21-8-4-17(31)11-24(21)37(28(29)39)14-15-2-5-18(6-3-15)36-27(38)20-10-16(30)13-35-25(20)26(33)34/h4,7-13,15,18,26,40H,2-3,5-6,14H2,1H3,(H,36,38). The zero-order valence-electron chi connectivity index (χ0n) is 21.8. The number of nitrogens with one attached hydrogen (secondary N) is 1. The number of carbonyl (C=O) groups excluding carboxylic acids is 2. The van der Waals surface area contributed by atoms with Crippen molar-refractivity contribution < 1.29 is 37.0 Å². The molecule has 7 nitrogen and oxygen atoms in total. The molecule has 2 aromatic carbocycles. The molecule has 2 N–H and O–H groups in total. The van der Waals surface area contributed by atoms with Crippen LogP contribution >= 0.6 is 11.6 Å². The van der Waals surface area contributed by atoms with Gasteiger partial charge in [-0.3, -0.25) is 14.6 Å². The molecule has 216 valence electrons. The van der Waals surface area contributed by atoms with E-state index >= 15 is 0 Å². The molecule has 0 spiro atoms. The fourth-order valence-electron chi connectivity index (χ4n) is 5.62. The van der Waals surface area contributed by atoms with Crippen LogP contribution < -0.4 is 15.0 Å². The van der Waals surface area contributed by atoms with Gasteiger partial charge in [0, 0.05) is 29.9 Å². The maximum atomic E-state index is 14.9. The molecular weight excluding hydrogens is 566 g/mol. The van der Waals surface area contributed by atoms with E-state index in [-0.39, 0.29) is 51.7 Å². The van der Waals surface area contributed by atoms with E-state index in [1.165, 1.54) is 30.2 Å². The first-order valence-electron chi connectivity index (χ1n) is 13.0. The predicted molar refractivity (Wildman–Crippen MR) is 142 cm³/mol. The Morgan fingerprint density at radius 2 is 1.88 bits per heavy atom. The van der Waals surface area contributed by atoms with Crippen LogP contribution in [0.25, 0.3) is 0 Å². The third kappa shape index (κ3) is 5.36. The summed E-state index contributed by atoms with van der Waals surface area (Å²) in [6.07, 6.45) is 0.168. The largest absolute Gasteiger partial charge is 0.497 e. The second-order valence-corrected chi connectivity index (χ2v) is 10.6. The zero-order chi connectivity index (χ0) is 29.5. The Balaban J connectivity index is 1.32. The van der Waals surface area contributed by atoms with Gasteiger partial charge in [-0.15, -0.1) is 0 Å². The number of benzene rings is 2. The zero-order valence-corrected chi connectivity index (χ0v) is 22.6. The summed E-state index contributed by atoms with van der Waals surface area (Å²) in [6.45, 7) is 0.123.